The summed E-state index contributed by atoms with van der Waals surface area (Å²) in [5.74, 6) is 0.204. The average molecular weight is 345 g/mol. The second-order valence-corrected chi connectivity index (χ2v) is 7.08. The van der Waals surface area contributed by atoms with Gasteiger partial charge in [0.05, 0.1) is 0 Å². The van der Waals surface area contributed by atoms with Crippen LogP contribution in [0.25, 0.3) is 0 Å². The molecule has 0 bridgehead atoms. The van der Waals surface area contributed by atoms with Crippen molar-refractivity contribution in [3.63, 3.8) is 0 Å². The van der Waals surface area contributed by atoms with Gasteiger partial charge in [0.25, 0.3) is 11.8 Å². The molecule has 25 heavy (non-hydrogen) atoms. The number of carbonyl (C=O) groups is 2. The number of likely N-dealkylation sites (tertiary alicyclic amines) is 1. The predicted octanol–water partition coefficient (Wildman–Crippen LogP) is 2.00. The minimum Gasteiger partial charge on any atom is -0.368 e. The third kappa shape index (κ3) is 4.38. The summed E-state index contributed by atoms with van der Waals surface area (Å²) in [6, 6.07) is 7.22. The van der Waals surface area contributed by atoms with Gasteiger partial charge in [0.1, 0.15) is 6.10 Å². The van der Waals surface area contributed by atoms with Crippen LogP contribution in [0.2, 0.25) is 0 Å². The summed E-state index contributed by atoms with van der Waals surface area (Å²) in [6.45, 7) is 4.09. The van der Waals surface area contributed by atoms with Crippen LogP contribution in [-0.2, 0) is 9.53 Å². The van der Waals surface area contributed by atoms with Gasteiger partial charge in [-0.15, -0.1) is 0 Å². The molecule has 1 aromatic rings. The number of amides is 2. The lowest BCUT2D eigenvalue weighted by Crippen LogP contribution is -2.45. The van der Waals surface area contributed by atoms with Gasteiger partial charge in [-0.25, -0.2) is 0 Å². The van der Waals surface area contributed by atoms with E-state index in [1.54, 1.807) is 24.3 Å². The molecule has 2 aliphatic heterocycles. The SMILES string of the molecule is CC(N)C1CCCN(C(=O)c2cccc(NC(=O)C3CCCO3)c2)C1. The van der Waals surface area contributed by atoms with Gasteiger partial charge in [0, 0.05) is 37.0 Å². The highest BCUT2D eigenvalue weighted by atomic mass is 16.5. The van der Waals surface area contributed by atoms with E-state index in [1.807, 2.05) is 11.8 Å². The number of nitrogens with two attached hydrogens (primary N) is 1. The molecule has 0 aliphatic carbocycles. The van der Waals surface area contributed by atoms with Crippen LogP contribution in [0.1, 0.15) is 43.0 Å². The van der Waals surface area contributed by atoms with Gasteiger partial charge in [0.2, 0.25) is 0 Å². The minimum atomic E-state index is -0.381. The zero-order chi connectivity index (χ0) is 17.8. The second kappa shape index (κ2) is 7.97. The van der Waals surface area contributed by atoms with E-state index >= 15 is 0 Å². The van der Waals surface area contributed by atoms with Crippen LogP contribution in [0.15, 0.2) is 24.3 Å². The Morgan fingerprint density at radius 1 is 1.32 bits per heavy atom. The van der Waals surface area contributed by atoms with Crippen LogP contribution in [-0.4, -0.2) is 48.6 Å². The monoisotopic (exact) mass is 345 g/mol. The molecule has 0 saturated carbocycles. The van der Waals surface area contributed by atoms with E-state index < -0.39 is 0 Å². The number of piperidine rings is 1. The Kier molecular flexibility index (Phi) is 5.71. The smallest absolute Gasteiger partial charge is 0.253 e. The largest absolute Gasteiger partial charge is 0.368 e. The van der Waals surface area contributed by atoms with Crippen LogP contribution in [0.3, 0.4) is 0 Å². The molecule has 1 aromatic carbocycles. The van der Waals surface area contributed by atoms with Gasteiger partial charge in [-0.2, -0.15) is 0 Å². The van der Waals surface area contributed by atoms with Crippen molar-refractivity contribution >= 4 is 17.5 Å². The van der Waals surface area contributed by atoms with Crippen molar-refractivity contribution in [3.8, 4) is 0 Å². The molecule has 2 heterocycles. The fourth-order valence-corrected chi connectivity index (χ4v) is 3.54. The Labute approximate surface area is 148 Å². The zero-order valence-electron chi connectivity index (χ0n) is 14.7. The van der Waals surface area contributed by atoms with Crippen molar-refractivity contribution < 1.29 is 14.3 Å². The molecule has 6 nitrogen and oxygen atoms in total. The first kappa shape index (κ1) is 17.9. The Morgan fingerprint density at radius 3 is 2.88 bits per heavy atom. The Balaban J connectivity index is 1.66. The topological polar surface area (TPSA) is 84.7 Å². The molecule has 2 saturated heterocycles. The van der Waals surface area contributed by atoms with Gasteiger partial charge in [-0.3, -0.25) is 9.59 Å². The fraction of sp³-hybridized carbons (Fsp3) is 0.579. The van der Waals surface area contributed by atoms with Crippen LogP contribution in [0, 0.1) is 5.92 Å². The number of anilines is 1. The summed E-state index contributed by atoms with van der Waals surface area (Å²) in [6.07, 6.45) is 3.32. The molecule has 6 heteroatoms. The van der Waals surface area contributed by atoms with Gasteiger partial charge in [-0.05, 0) is 56.7 Å². The number of carbonyl (C=O) groups excluding carboxylic acids is 2. The number of nitrogens with zero attached hydrogens (tertiary/aromatic N) is 1. The summed E-state index contributed by atoms with van der Waals surface area (Å²) in [5, 5.41) is 2.85. The third-order valence-electron chi connectivity index (χ3n) is 5.09. The van der Waals surface area contributed by atoms with Crippen molar-refractivity contribution in [1.82, 2.24) is 4.90 Å². The summed E-state index contributed by atoms with van der Waals surface area (Å²) < 4.78 is 5.39. The highest BCUT2D eigenvalue weighted by Crippen LogP contribution is 2.22. The first-order chi connectivity index (χ1) is 12.0. The normalized spacial score (nSPS) is 24.8. The maximum absolute atomic E-state index is 12.8. The average Bonchev–Trinajstić information content (AvgIpc) is 3.16. The van der Waals surface area contributed by atoms with Crippen molar-refractivity contribution in [2.75, 3.05) is 25.0 Å². The van der Waals surface area contributed by atoms with Crippen molar-refractivity contribution in [2.45, 2.75) is 44.8 Å². The molecule has 3 N–H and O–H groups in total. The molecule has 0 spiro atoms. The van der Waals surface area contributed by atoms with Crippen molar-refractivity contribution in [3.05, 3.63) is 29.8 Å². The Morgan fingerprint density at radius 2 is 2.16 bits per heavy atom. The first-order valence-electron chi connectivity index (χ1n) is 9.12. The summed E-state index contributed by atoms with van der Waals surface area (Å²) in [5.41, 5.74) is 7.23. The van der Waals surface area contributed by atoms with Crippen molar-refractivity contribution in [1.29, 1.82) is 0 Å². The molecule has 0 aromatic heterocycles. The van der Waals surface area contributed by atoms with E-state index in [0.717, 1.165) is 32.2 Å². The maximum Gasteiger partial charge on any atom is 0.253 e. The lowest BCUT2D eigenvalue weighted by Gasteiger charge is -2.34. The summed E-state index contributed by atoms with van der Waals surface area (Å²) in [4.78, 5) is 26.9. The van der Waals surface area contributed by atoms with E-state index in [0.29, 0.717) is 30.3 Å². The van der Waals surface area contributed by atoms with E-state index in [1.165, 1.54) is 0 Å². The van der Waals surface area contributed by atoms with E-state index in [4.69, 9.17) is 10.5 Å². The van der Waals surface area contributed by atoms with Crippen LogP contribution < -0.4 is 11.1 Å². The number of benzene rings is 1. The van der Waals surface area contributed by atoms with Gasteiger partial charge < -0.3 is 20.7 Å². The lowest BCUT2D eigenvalue weighted by atomic mass is 9.92. The van der Waals surface area contributed by atoms with Crippen molar-refractivity contribution in [2.24, 2.45) is 11.7 Å². The molecule has 3 unspecified atom stereocenters. The molecule has 0 radical (unpaired) electrons. The first-order valence-corrected chi connectivity index (χ1v) is 9.12. The molecule has 2 aliphatic rings. The molecule has 3 rings (SSSR count). The maximum atomic E-state index is 12.8. The van der Waals surface area contributed by atoms with Crippen LogP contribution in [0.4, 0.5) is 5.69 Å². The van der Waals surface area contributed by atoms with Crippen LogP contribution >= 0.6 is 0 Å². The number of ether oxygens (including phenoxy) is 1. The number of hydrogen-bond donors (Lipinski definition) is 2. The highest BCUT2D eigenvalue weighted by Gasteiger charge is 2.27. The van der Waals surface area contributed by atoms with E-state index in [-0.39, 0.29) is 24.0 Å². The Bertz CT molecular complexity index is 626. The molecular formula is C19H27N3O3. The predicted molar refractivity (Wildman–Crippen MR) is 96.3 cm³/mol. The van der Waals surface area contributed by atoms with Gasteiger partial charge >= 0.3 is 0 Å². The zero-order valence-corrected chi connectivity index (χ0v) is 14.7. The number of hydrogen-bond acceptors (Lipinski definition) is 4. The molecule has 2 amide bonds. The molecule has 3 atom stereocenters. The number of nitrogens with one attached hydrogen (secondary N) is 1. The van der Waals surface area contributed by atoms with Gasteiger partial charge in [-0.1, -0.05) is 6.07 Å². The summed E-state index contributed by atoms with van der Waals surface area (Å²) >= 11 is 0. The Hall–Kier alpha value is -1.92. The molecule has 2 fully saturated rings. The summed E-state index contributed by atoms with van der Waals surface area (Å²) in [7, 11) is 0. The van der Waals surface area contributed by atoms with E-state index in [2.05, 4.69) is 5.32 Å². The van der Waals surface area contributed by atoms with E-state index in [9.17, 15) is 9.59 Å². The lowest BCUT2D eigenvalue weighted by molar-refractivity contribution is -0.124. The second-order valence-electron chi connectivity index (χ2n) is 7.08. The third-order valence-corrected chi connectivity index (χ3v) is 5.09. The number of rotatable bonds is 4. The molecule has 136 valence electrons. The molecular weight excluding hydrogens is 318 g/mol. The standard InChI is InChI=1S/C19H27N3O3/c1-13(20)15-6-3-9-22(12-15)19(24)14-5-2-7-16(11-14)21-18(23)17-8-4-10-25-17/h2,5,7,11,13,15,17H,3-4,6,8-10,12,20H2,1H3,(H,21,23). The van der Waals surface area contributed by atoms with Crippen LogP contribution in [0.5, 0.6) is 0 Å². The quantitative estimate of drug-likeness (QED) is 0.874. The highest BCUT2D eigenvalue weighted by molar-refractivity contribution is 5.98. The van der Waals surface area contributed by atoms with Gasteiger partial charge in [0.15, 0.2) is 0 Å². The minimum absolute atomic E-state index is 0.00133. The fourth-order valence-electron chi connectivity index (χ4n) is 3.54.